The van der Waals surface area contributed by atoms with Gasteiger partial charge in [0.05, 0.1) is 28.4 Å². The lowest BCUT2D eigenvalue weighted by atomic mass is 10.2. The Labute approximate surface area is 182 Å². The zero-order chi connectivity index (χ0) is 23.7. The van der Waals surface area contributed by atoms with E-state index in [1.807, 2.05) is 0 Å². The fourth-order valence-electron chi connectivity index (χ4n) is 2.50. The van der Waals surface area contributed by atoms with E-state index in [1.54, 1.807) is 0 Å². The summed E-state index contributed by atoms with van der Waals surface area (Å²) in [6.45, 7) is 0.903. The molecule has 0 saturated heterocycles. The van der Waals surface area contributed by atoms with Gasteiger partial charge < -0.3 is 14.6 Å². The second-order valence-corrected chi connectivity index (χ2v) is 6.94. The van der Waals surface area contributed by atoms with E-state index in [9.17, 15) is 27.6 Å². The second kappa shape index (κ2) is 9.06. The Morgan fingerprint density at radius 3 is 2.29 bits per heavy atom. The fourth-order valence-corrected chi connectivity index (χ4v) is 3.02. The number of ether oxygens (including phenoxy) is 2. The van der Waals surface area contributed by atoms with E-state index >= 15 is 0 Å². The molecule has 0 bridgehead atoms. The highest BCUT2D eigenvalue weighted by Gasteiger charge is 2.35. The van der Waals surface area contributed by atoms with Gasteiger partial charge >= 0.3 is 17.8 Å². The third-order valence-corrected chi connectivity index (χ3v) is 4.80. The van der Waals surface area contributed by atoms with E-state index in [0.29, 0.717) is 4.57 Å². The first-order chi connectivity index (χ1) is 14.3. The summed E-state index contributed by atoms with van der Waals surface area (Å²) in [6.07, 6.45) is -4.92. The zero-order valence-electron chi connectivity index (χ0n) is 16.2. The molecule has 0 aliphatic rings. The minimum atomic E-state index is -4.92. The Morgan fingerprint density at radius 2 is 1.77 bits per heavy atom. The number of rotatable bonds is 6. The molecule has 0 aliphatic carbocycles. The average molecular weight is 483 g/mol. The average Bonchev–Trinajstić information content (AvgIpc) is 2.66. The Kier molecular flexibility index (Phi) is 7.12. The van der Waals surface area contributed by atoms with Crippen LogP contribution >= 0.6 is 23.2 Å². The van der Waals surface area contributed by atoms with Crippen molar-refractivity contribution >= 4 is 29.2 Å². The van der Waals surface area contributed by atoms with Gasteiger partial charge in [-0.05, 0) is 13.0 Å². The standard InChI is InChI=1S/C18H15Cl2F3N2O6/c1-8(16(27)28)13(30-3)7-31-12-5-11(9(19)4-10(12)20)25-15(26)6-14(18(21,22)23)24(2)17(25)29/h4-6H,7H2,1-3H3,(H,27,28). The molecule has 0 saturated carbocycles. The first-order valence-electron chi connectivity index (χ1n) is 8.29. The van der Waals surface area contributed by atoms with Crippen LogP contribution in [-0.4, -0.2) is 33.9 Å². The summed E-state index contributed by atoms with van der Waals surface area (Å²) in [5, 5.41) is 8.77. The number of nitrogens with zero attached hydrogens (tertiary/aromatic N) is 2. The maximum atomic E-state index is 13.0. The highest BCUT2D eigenvalue weighted by atomic mass is 35.5. The van der Waals surface area contributed by atoms with Gasteiger partial charge in [0.15, 0.2) is 0 Å². The minimum absolute atomic E-state index is 0.0392. The molecule has 0 atom stereocenters. The molecule has 13 heteroatoms. The van der Waals surface area contributed by atoms with E-state index < -0.39 is 29.1 Å². The van der Waals surface area contributed by atoms with Crippen LogP contribution in [0.3, 0.4) is 0 Å². The van der Waals surface area contributed by atoms with Gasteiger partial charge in [0, 0.05) is 19.2 Å². The third kappa shape index (κ3) is 5.05. The van der Waals surface area contributed by atoms with Gasteiger partial charge in [0.2, 0.25) is 0 Å². The number of carbonyl (C=O) groups is 1. The number of aromatic nitrogens is 2. The molecule has 2 aromatic rings. The van der Waals surface area contributed by atoms with Crippen molar-refractivity contribution in [1.82, 2.24) is 9.13 Å². The summed E-state index contributed by atoms with van der Waals surface area (Å²) < 4.78 is 50.2. The summed E-state index contributed by atoms with van der Waals surface area (Å²) in [5.41, 5.74) is -4.42. The predicted molar refractivity (Wildman–Crippen MR) is 105 cm³/mol. The molecule has 1 heterocycles. The van der Waals surface area contributed by atoms with Gasteiger partial charge in [-0.1, -0.05) is 23.2 Å². The molecule has 1 aromatic heterocycles. The summed E-state index contributed by atoms with van der Waals surface area (Å²) in [6, 6.07) is 2.45. The maximum absolute atomic E-state index is 13.0. The van der Waals surface area contributed by atoms with E-state index in [0.717, 1.165) is 19.2 Å². The van der Waals surface area contributed by atoms with Gasteiger partial charge in [-0.25, -0.2) is 14.2 Å². The Morgan fingerprint density at radius 1 is 1.16 bits per heavy atom. The topological polar surface area (TPSA) is 99.8 Å². The van der Waals surface area contributed by atoms with E-state index in [2.05, 4.69) is 0 Å². The first-order valence-corrected chi connectivity index (χ1v) is 9.04. The zero-order valence-corrected chi connectivity index (χ0v) is 17.7. The monoisotopic (exact) mass is 482 g/mol. The highest BCUT2D eigenvalue weighted by Crippen LogP contribution is 2.33. The molecule has 31 heavy (non-hydrogen) atoms. The number of aliphatic carboxylic acids is 1. The third-order valence-electron chi connectivity index (χ3n) is 4.20. The van der Waals surface area contributed by atoms with Gasteiger partial charge in [-0.2, -0.15) is 13.2 Å². The van der Waals surface area contributed by atoms with Crippen LogP contribution in [0.4, 0.5) is 13.2 Å². The number of hydrogen-bond donors (Lipinski definition) is 1. The maximum Gasteiger partial charge on any atom is 0.431 e. The minimum Gasteiger partial charge on any atom is -0.497 e. The Bertz CT molecular complexity index is 1180. The molecular weight excluding hydrogens is 468 g/mol. The van der Waals surface area contributed by atoms with Crippen LogP contribution < -0.4 is 16.0 Å². The molecule has 0 amide bonds. The first kappa shape index (κ1) is 24.4. The second-order valence-electron chi connectivity index (χ2n) is 6.12. The number of methoxy groups -OCH3 is 1. The number of benzene rings is 1. The number of hydrogen-bond acceptors (Lipinski definition) is 5. The molecule has 2 rings (SSSR count). The number of carboxylic acid groups (broad SMARTS) is 1. The quantitative estimate of drug-likeness (QED) is 0.501. The van der Waals surface area contributed by atoms with Crippen LogP contribution in [0.15, 0.2) is 39.1 Å². The van der Waals surface area contributed by atoms with Gasteiger partial charge in [-0.3, -0.25) is 9.36 Å². The van der Waals surface area contributed by atoms with Crippen LogP contribution in [-0.2, 0) is 22.8 Å². The van der Waals surface area contributed by atoms with Crippen molar-refractivity contribution in [2.45, 2.75) is 13.1 Å². The molecule has 1 N–H and O–H groups in total. The Hall–Kier alpha value is -2.92. The number of halogens is 5. The number of alkyl halides is 3. The van der Waals surface area contributed by atoms with Crippen molar-refractivity contribution in [2.24, 2.45) is 7.05 Å². The SMILES string of the molecule is COC(COc1cc(-n2c(=O)cc(C(F)(F)F)n(C)c2=O)c(Cl)cc1Cl)=C(C)C(=O)O. The molecule has 0 unspecified atom stereocenters. The summed E-state index contributed by atoms with van der Waals surface area (Å²) in [7, 11) is 2.08. The van der Waals surface area contributed by atoms with Crippen molar-refractivity contribution in [1.29, 1.82) is 0 Å². The van der Waals surface area contributed by atoms with Crippen molar-refractivity contribution in [3.8, 4) is 11.4 Å². The molecule has 168 valence electrons. The fraction of sp³-hybridized carbons (Fsp3) is 0.278. The van der Waals surface area contributed by atoms with E-state index in [1.165, 1.54) is 14.0 Å². The largest absolute Gasteiger partial charge is 0.497 e. The highest BCUT2D eigenvalue weighted by molar-refractivity contribution is 6.36. The van der Waals surface area contributed by atoms with Crippen LogP contribution in [0, 0.1) is 0 Å². The van der Waals surface area contributed by atoms with E-state index in [-0.39, 0.29) is 50.1 Å². The lowest BCUT2D eigenvalue weighted by molar-refractivity contribution is -0.144. The molecule has 0 spiro atoms. The van der Waals surface area contributed by atoms with Crippen molar-refractivity contribution in [3.05, 3.63) is 66.1 Å². The summed E-state index contributed by atoms with van der Waals surface area (Å²) in [4.78, 5) is 35.9. The molecule has 0 fully saturated rings. The Balaban J connectivity index is 2.60. The van der Waals surface area contributed by atoms with Crippen molar-refractivity contribution in [2.75, 3.05) is 13.7 Å². The molecular formula is C18H15Cl2F3N2O6. The normalized spacial score (nSPS) is 12.4. The smallest absolute Gasteiger partial charge is 0.431 e. The van der Waals surface area contributed by atoms with Gasteiger partial charge in [0.1, 0.15) is 23.8 Å². The van der Waals surface area contributed by atoms with Crippen LogP contribution in [0.25, 0.3) is 5.69 Å². The summed E-state index contributed by atoms with van der Waals surface area (Å²) >= 11 is 12.1. The molecule has 0 radical (unpaired) electrons. The molecule has 0 aliphatic heterocycles. The molecule has 1 aromatic carbocycles. The van der Waals surface area contributed by atoms with Crippen molar-refractivity contribution in [3.63, 3.8) is 0 Å². The van der Waals surface area contributed by atoms with Gasteiger partial charge in [-0.15, -0.1) is 0 Å². The van der Waals surface area contributed by atoms with Crippen LogP contribution in [0.1, 0.15) is 12.6 Å². The van der Waals surface area contributed by atoms with Crippen molar-refractivity contribution < 1.29 is 32.5 Å². The molecule has 8 nitrogen and oxygen atoms in total. The van der Waals surface area contributed by atoms with Crippen LogP contribution in [0.2, 0.25) is 10.0 Å². The lowest BCUT2D eigenvalue weighted by Gasteiger charge is -2.16. The number of carboxylic acids is 1. The summed E-state index contributed by atoms with van der Waals surface area (Å²) in [5.74, 6) is -1.41. The predicted octanol–water partition coefficient (Wildman–Crippen LogP) is 3.25. The van der Waals surface area contributed by atoms with Crippen LogP contribution in [0.5, 0.6) is 5.75 Å². The van der Waals surface area contributed by atoms with Gasteiger partial charge in [0.25, 0.3) is 5.56 Å². The van der Waals surface area contributed by atoms with E-state index in [4.69, 9.17) is 37.8 Å². The lowest BCUT2D eigenvalue weighted by Crippen LogP contribution is -2.40.